The number of anilines is 1. The maximum absolute atomic E-state index is 12.8. The highest BCUT2D eigenvalue weighted by Crippen LogP contribution is 2.28. The van der Waals surface area contributed by atoms with Crippen molar-refractivity contribution in [2.24, 2.45) is 0 Å². The summed E-state index contributed by atoms with van der Waals surface area (Å²) in [5.41, 5.74) is -3.94. The fourth-order valence-electron chi connectivity index (χ4n) is 3.13. The maximum atomic E-state index is 12.8. The molecule has 1 aliphatic rings. The first kappa shape index (κ1) is 24.4. The van der Waals surface area contributed by atoms with Gasteiger partial charge in [0.1, 0.15) is 5.56 Å². The van der Waals surface area contributed by atoms with Crippen LogP contribution in [0.1, 0.15) is 16.8 Å². The number of piperazine rings is 1. The smallest absolute Gasteiger partial charge is 0.354 e. The van der Waals surface area contributed by atoms with Crippen molar-refractivity contribution in [1.82, 2.24) is 30.4 Å². The van der Waals surface area contributed by atoms with Gasteiger partial charge in [-0.15, -0.1) is 0 Å². The summed E-state index contributed by atoms with van der Waals surface area (Å²) in [4.78, 5) is 34.5. The summed E-state index contributed by atoms with van der Waals surface area (Å²) in [6.07, 6.45) is -8.32. The van der Waals surface area contributed by atoms with Gasteiger partial charge in [-0.3, -0.25) is 14.5 Å². The van der Waals surface area contributed by atoms with Crippen molar-refractivity contribution in [2.45, 2.75) is 18.8 Å². The molecule has 0 saturated carbocycles. The van der Waals surface area contributed by atoms with Gasteiger partial charge in [-0.1, -0.05) is 0 Å². The van der Waals surface area contributed by atoms with Gasteiger partial charge in [-0.25, -0.2) is 15.1 Å². The molecule has 3 rings (SSSR count). The second kappa shape index (κ2) is 9.72. The second-order valence-corrected chi connectivity index (χ2v) is 7.22. The molecule has 2 N–H and O–H groups in total. The number of rotatable bonds is 6. The van der Waals surface area contributed by atoms with E-state index in [-0.39, 0.29) is 18.2 Å². The quantitative estimate of drug-likeness (QED) is 0.598. The van der Waals surface area contributed by atoms with Crippen LogP contribution in [0.4, 0.5) is 32.3 Å². The molecule has 0 unspecified atom stereocenters. The number of hydrogen-bond acceptors (Lipinski definition) is 7. The van der Waals surface area contributed by atoms with Gasteiger partial charge in [0.05, 0.1) is 17.7 Å². The van der Waals surface area contributed by atoms with E-state index in [2.05, 4.69) is 20.4 Å². The third-order valence-corrected chi connectivity index (χ3v) is 4.87. The van der Waals surface area contributed by atoms with Crippen LogP contribution in [0, 0.1) is 0 Å². The molecule has 1 saturated heterocycles. The van der Waals surface area contributed by atoms with Gasteiger partial charge < -0.3 is 10.2 Å². The monoisotopic (exact) mass is 479 g/mol. The first-order valence-corrected chi connectivity index (χ1v) is 9.72. The lowest BCUT2D eigenvalue weighted by Crippen LogP contribution is -2.49. The van der Waals surface area contributed by atoms with Gasteiger partial charge in [0, 0.05) is 51.7 Å². The minimum atomic E-state index is -4.85. The number of alkyl halides is 6. The molecule has 3 heterocycles. The van der Waals surface area contributed by atoms with Gasteiger partial charge in [0.2, 0.25) is 11.9 Å². The third kappa shape index (κ3) is 6.63. The van der Waals surface area contributed by atoms with E-state index in [1.165, 1.54) is 0 Å². The molecule has 180 valence electrons. The lowest BCUT2D eigenvalue weighted by molar-refractivity contribution is -0.139. The van der Waals surface area contributed by atoms with Crippen molar-refractivity contribution in [3.05, 3.63) is 45.6 Å². The summed E-state index contributed by atoms with van der Waals surface area (Å²) in [7, 11) is 0. The number of hydrogen-bond donors (Lipinski definition) is 2. The van der Waals surface area contributed by atoms with Gasteiger partial charge in [-0.05, 0) is 6.07 Å². The summed E-state index contributed by atoms with van der Waals surface area (Å²) < 4.78 is 76.1. The topological polar surface area (TPSA) is 107 Å². The van der Waals surface area contributed by atoms with E-state index in [0.29, 0.717) is 38.8 Å². The highest BCUT2D eigenvalue weighted by molar-refractivity contribution is 5.78. The van der Waals surface area contributed by atoms with Crippen LogP contribution in [0.2, 0.25) is 0 Å². The summed E-state index contributed by atoms with van der Waals surface area (Å²) in [5.74, 6) is -0.359. The molecule has 0 radical (unpaired) electrons. The molecule has 0 bridgehead atoms. The van der Waals surface area contributed by atoms with Crippen LogP contribution in [0.3, 0.4) is 0 Å². The lowest BCUT2D eigenvalue weighted by atomic mass is 10.2. The van der Waals surface area contributed by atoms with Crippen LogP contribution in [0.15, 0.2) is 23.3 Å². The number of halogens is 6. The number of nitrogens with zero attached hydrogens (tertiary/aromatic N) is 5. The highest BCUT2D eigenvalue weighted by atomic mass is 19.4. The molecular formula is C18H19F6N7O2. The first-order chi connectivity index (χ1) is 15.4. The molecule has 15 heteroatoms. The minimum absolute atomic E-state index is 0.197. The minimum Gasteiger partial charge on any atom is -0.354 e. The fraction of sp³-hybridized carbons (Fsp3) is 0.500. The van der Waals surface area contributed by atoms with E-state index in [4.69, 9.17) is 0 Å². The van der Waals surface area contributed by atoms with Crippen LogP contribution < -0.4 is 15.8 Å². The number of amides is 1. The first-order valence-electron chi connectivity index (χ1n) is 9.72. The Labute approximate surface area is 182 Å². The molecule has 1 amide bonds. The zero-order valence-corrected chi connectivity index (χ0v) is 17.0. The molecule has 0 spiro atoms. The number of carbonyl (C=O) groups excluding carboxylic acids is 1. The van der Waals surface area contributed by atoms with Crippen LogP contribution in [0.25, 0.3) is 0 Å². The van der Waals surface area contributed by atoms with E-state index in [0.717, 1.165) is 12.4 Å². The average molecular weight is 479 g/mol. The molecule has 2 aromatic rings. The van der Waals surface area contributed by atoms with Crippen molar-refractivity contribution in [2.75, 3.05) is 44.2 Å². The van der Waals surface area contributed by atoms with Crippen LogP contribution in [0.5, 0.6) is 0 Å². The number of aromatic amines is 1. The van der Waals surface area contributed by atoms with E-state index in [1.807, 2.05) is 4.90 Å². The number of aromatic nitrogens is 4. The Morgan fingerprint density at radius 2 is 1.67 bits per heavy atom. The van der Waals surface area contributed by atoms with Crippen molar-refractivity contribution in [3.63, 3.8) is 0 Å². The van der Waals surface area contributed by atoms with Crippen molar-refractivity contribution >= 4 is 11.9 Å². The summed E-state index contributed by atoms with van der Waals surface area (Å²) in [6.45, 7) is 2.74. The van der Waals surface area contributed by atoms with E-state index >= 15 is 0 Å². The predicted octanol–water partition coefficient (Wildman–Crippen LogP) is 1.08. The predicted molar refractivity (Wildman–Crippen MR) is 102 cm³/mol. The Morgan fingerprint density at radius 3 is 2.24 bits per heavy atom. The van der Waals surface area contributed by atoms with Crippen molar-refractivity contribution in [1.29, 1.82) is 0 Å². The highest BCUT2D eigenvalue weighted by Gasteiger charge is 2.34. The number of nitrogens with one attached hydrogen (secondary N) is 2. The molecular weight excluding hydrogens is 460 g/mol. The SMILES string of the molecule is O=C(Cc1cc(C(F)(F)F)c(=O)[nH]n1)NCCN1CCN(c2ncc(C(F)(F)F)cn2)CC1. The molecule has 0 aliphatic carbocycles. The molecule has 1 fully saturated rings. The molecule has 33 heavy (non-hydrogen) atoms. The zero-order chi connectivity index (χ0) is 24.2. The van der Waals surface area contributed by atoms with Crippen molar-refractivity contribution in [3.8, 4) is 0 Å². The summed E-state index contributed by atoms with van der Waals surface area (Å²) >= 11 is 0. The standard InChI is InChI=1S/C18H19F6N7O2/c19-17(20,21)11-9-26-16(27-10-11)31-5-3-30(4-6-31)2-1-25-14(32)8-12-7-13(18(22,23)24)15(33)29-28-12/h7,9-10H,1-6,8H2,(H,25,32)(H,29,33). The van der Waals surface area contributed by atoms with Gasteiger partial charge in [0.25, 0.3) is 5.56 Å². The third-order valence-electron chi connectivity index (χ3n) is 4.87. The second-order valence-electron chi connectivity index (χ2n) is 7.22. The Kier molecular flexibility index (Phi) is 7.19. The maximum Gasteiger partial charge on any atom is 0.421 e. The summed E-state index contributed by atoms with van der Waals surface area (Å²) in [6, 6.07) is 0.543. The largest absolute Gasteiger partial charge is 0.421 e. The van der Waals surface area contributed by atoms with Crippen LogP contribution >= 0.6 is 0 Å². The lowest BCUT2D eigenvalue weighted by Gasteiger charge is -2.34. The molecule has 2 aromatic heterocycles. The van der Waals surface area contributed by atoms with E-state index < -0.39 is 41.4 Å². The van der Waals surface area contributed by atoms with Gasteiger partial charge in [-0.2, -0.15) is 31.4 Å². The van der Waals surface area contributed by atoms with Crippen molar-refractivity contribution < 1.29 is 31.1 Å². The summed E-state index contributed by atoms with van der Waals surface area (Å²) in [5, 5.41) is 7.77. The number of H-pyrrole nitrogens is 1. The fourth-order valence-corrected chi connectivity index (χ4v) is 3.13. The Balaban J connectivity index is 1.42. The molecule has 0 atom stereocenters. The van der Waals surface area contributed by atoms with Crippen LogP contribution in [-0.4, -0.2) is 70.2 Å². The Hall–Kier alpha value is -3.23. The zero-order valence-electron chi connectivity index (χ0n) is 17.0. The van der Waals surface area contributed by atoms with Gasteiger partial charge in [0.15, 0.2) is 0 Å². The van der Waals surface area contributed by atoms with Crippen LogP contribution in [-0.2, 0) is 23.6 Å². The Bertz CT molecular complexity index is 1010. The van der Waals surface area contributed by atoms with E-state index in [1.54, 1.807) is 10.00 Å². The molecule has 1 aliphatic heterocycles. The molecule has 9 nitrogen and oxygen atoms in total. The van der Waals surface area contributed by atoms with Gasteiger partial charge >= 0.3 is 12.4 Å². The normalized spacial score (nSPS) is 15.5. The average Bonchev–Trinajstić information content (AvgIpc) is 2.74. The number of carbonyl (C=O) groups is 1. The van der Waals surface area contributed by atoms with E-state index in [9.17, 15) is 35.9 Å². The molecule has 0 aromatic carbocycles. The Morgan fingerprint density at radius 1 is 1.03 bits per heavy atom.